The molecule has 0 radical (unpaired) electrons. The molecule has 3 aromatic rings. The fourth-order valence-corrected chi connectivity index (χ4v) is 8.61. The molecule has 46 heavy (non-hydrogen) atoms. The summed E-state index contributed by atoms with van der Waals surface area (Å²) in [5.74, 6) is -1.57. The number of unbranched alkanes of at least 4 members (excludes halogenated alkanes) is 9. The van der Waals surface area contributed by atoms with Crippen LogP contribution >= 0.6 is 0 Å². The molecule has 4 nitrogen and oxygen atoms in total. The number of benzene rings is 1. The molecule has 4 rings (SSSR count). The first kappa shape index (κ1) is 36.2. The zero-order chi connectivity index (χ0) is 32.8. The summed E-state index contributed by atoms with van der Waals surface area (Å²) in [5.41, 5.74) is 3.96. The highest BCUT2D eigenvalue weighted by atomic mass is 28.2. The van der Waals surface area contributed by atoms with Gasteiger partial charge in [-0.25, -0.2) is 15.0 Å². The molecule has 2 aromatic heterocycles. The van der Waals surface area contributed by atoms with Gasteiger partial charge in [0.15, 0.2) is 18.1 Å². The summed E-state index contributed by atoms with van der Waals surface area (Å²) >= 11 is 0. The van der Waals surface area contributed by atoms with Gasteiger partial charge in [-0.3, -0.25) is 0 Å². The van der Waals surface area contributed by atoms with Crippen LogP contribution in [0, 0.1) is 5.92 Å². The molecule has 0 saturated heterocycles. The second-order valence-corrected chi connectivity index (χ2v) is 16.5. The Labute approximate surface area is 279 Å². The van der Waals surface area contributed by atoms with E-state index in [4.69, 9.17) is 4.74 Å². The van der Waals surface area contributed by atoms with Crippen LogP contribution < -0.4 is 9.92 Å². The van der Waals surface area contributed by atoms with Gasteiger partial charge in [0.1, 0.15) is 11.4 Å². The average molecular weight is 650 g/mol. The first-order valence-electron chi connectivity index (χ1n) is 18.3. The van der Waals surface area contributed by atoms with Crippen molar-refractivity contribution in [2.75, 3.05) is 6.61 Å². The maximum absolute atomic E-state index is 14.9. The Hall–Kier alpha value is -2.67. The summed E-state index contributed by atoms with van der Waals surface area (Å²) in [7, 11) is -0.866. The number of aromatic nitrogens is 3. The molecule has 0 N–H and O–H groups in total. The topological polar surface area (TPSA) is 47.9 Å². The summed E-state index contributed by atoms with van der Waals surface area (Å²) < 4.78 is 35.3. The lowest BCUT2D eigenvalue weighted by molar-refractivity contribution is -0.0243. The third-order valence-electron chi connectivity index (χ3n) is 9.54. The monoisotopic (exact) mass is 649 g/mol. The average Bonchev–Trinajstić information content (AvgIpc) is 3.37. The van der Waals surface area contributed by atoms with E-state index in [0.29, 0.717) is 22.8 Å². The third-order valence-corrected chi connectivity index (χ3v) is 11.6. The van der Waals surface area contributed by atoms with Crippen LogP contribution in [0.1, 0.15) is 135 Å². The minimum absolute atomic E-state index is 0.245. The van der Waals surface area contributed by atoms with Crippen LogP contribution in [0.25, 0.3) is 22.6 Å². The van der Waals surface area contributed by atoms with Crippen LogP contribution in [0.2, 0.25) is 5.54 Å². The van der Waals surface area contributed by atoms with Crippen molar-refractivity contribution < 1.29 is 13.5 Å². The summed E-state index contributed by atoms with van der Waals surface area (Å²) in [4.78, 5) is 13.5. The second kappa shape index (κ2) is 18.6. The molecule has 0 aliphatic carbocycles. The van der Waals surface area contributed by atoms with Gasteiger partial charge in [-0.1, -0.05) is 142 Å². The summed E-state index contributed by atoms with van der Waals surface area (Å²) in [6.07, 6.45) is 23.9. The predicted molar refractivity (Wildman–Crippen MR) is 191 cm³/mol. The molecule has 3 heterocycles. The van der Waals surface area contributed by atoms with Crippen molar-refractivity contribution >= 4 is 14.7 Å². The molecular formula is C39H57F2N3OSi. The minimum Gasteiger partial charge on any atom is -0.485 e. The number of rotatable bonds is 21. The van der Waals surface area contributed by atoms with Crippen LogP contribution in [0.4, 0.5) is 8.78 Å². The van der Waals surface area contributed by atoms with E-state index in [-0.39, 0.29) is 5.69 Å². The Morgan fingerprint density at radius 3 is 2.09 bits per heavy atom. The number of hydrogen-bond donors (Lipinski definition) is 0. The number of aryl methyl sites for hydroxylation is 1. The fourth-order valence-electron chi connectivity index (χ4n) is 6.60. The van der Waals surface area contributed by atoms with Gasteiger partial charge in [0, 0.05) is 18.0 Å². The summed E-state index contributed by atoms with van der Waals surface area (Å²) in [6, 6.07) is 10.5. The number of halogens is 2. The molecule has 0 amide bonds. The number of nitrogens with zero attached hydrogens (tertiary/aromatic N) is 3. The van der Waals surface area contributed by atoms with Gasteiger partial charge in [-0.15, -0.1) is 0 Å². The standard InChI is InChI=1S/C39H57F2N3OSi/c1-5-7-9-10-16-20-31-21-23-32(24-22-31)33-26-42-38(43-27-33)34-25-35(36-37(44-34)39(40,41)28-45-36)46-30(4)19-15-12-11-14-18-29(3)17-13-8-6-2/h21-27,29-30H,5-20,28,46H2,1-4H3. The van der Waals surface area contributed by atoms with Crippen LogP contribution in [0.15, 0.2) is 42.7 Å². The second-order valence-electron chi connectivity index (χ2n) is 13.9. The van der Waals surface area contributed by atoms with Crippen LogP contribution in [0.5, 0.6) is 5.75 Å². The van der Waals surface area contributed by atoms with Gasteiger partial charge >= 0.3 is 5.92 Å². The first-order chi connectivity index (χ1) is 22.3. The van der Waals surface area contributed by atoms with E-state index >= 15 is 0 Å². The molecule has 1 aliphatic heterocycles. The van der Waals surface area contributed by atoms with Crippen molar-refractivity contribution in [3.05, 3.63) is 54.0 Å². The minimum atomic E-state index is -3.09. The lowest BCUT2D eigenvalue weighted by Gasteiger charge is -2.15. The Balaban J connectivity index is 1.34. The van der Waals surface area contributed by atoms with Crippen LogP contribution in [-0.2, 0) is 12.3 Å². The van der Waals surface area contributed by atoms with E-state index in [1.54, 1.807) is 12.4 Å². The van der Waals surface area contributed by atoms with Gasteiger partial charge in [0.25, 0.3) is 0 Å². The molecule has 252 valence electrons. The molecule has 7 heteroatoms. The van der Waals surface area contributed by atoms with Crippen molar-refractivity contribution in [2.45, 2.75) is 142 Å². The van der Waals surface area contributed by atoms with Crippen molar-refractivity contribution in [2.24, 2.45) is 5.92 Å². The SMILES string of the molecule is CCCCCCCc1ccc(-c2cnc(-c3cc([SiH2]C(C)CCCCCCC(C)CCCCC)c4c(n3)C(F)(F)CO4)nc2)cc1. The molecule has 0 saturated carbocycles. The molecule has 0 fully saturated rings. The third kappa shape index (κ3) is 11.0. The number of fused-ring (bicyclic) bond motifs is 1. The van der Waals surface area contributed by atoms with Crippen molar-refractivity contribution in [3.8, 4) is 28.4 Å². The first-order valence-corrected chi connectivity index (χ1v) is 19.8. The Morgan fingerprint density at radius 1 is 0.783 bits per heavy atom. The predicted octanol–water partition coefficient (Wildman–Crippen LogP) is 10.4. The summed E-state index contributed by atoms with van der Waals surface area (Å²) in [5, 5.41) is 0.920. The molecular weight excluding hydrogens is 593 g/mol. The van der Waals surface area contributed by atoms with E-state index in [2.05, 4.69) is 66.9 Å². The van der Waals surface area contributed by atoms with E-state index in [1.165, 1.54) is 95.5 Å². The van der Waals surface area contributed by atoms with Gasteiger partial charge in [-0.05, 0) is 46.7 Å². The van der Waals surface area contributed by atoms with E-state index in [1.807, 2.05) is 6.07 Å². The highest BCUT2D eigenvalue weighted by Gasteiger charge is 2.45. The maximum Gasteiger partial charge on any atom is 0.326 e. The molecule has 2 atom stereocenters. The van der Waals surface area contributed by atoms with E-state index < -0.39 is 22.0 Å². The summed E-state index contributed by atoms with van der Waals surface area (Å²) in [6.45, 7) is 8.53. The smallest absolute Gasteiger partial charge is 0.326 e. The molecule has 0 spiro atoms. The highest BCUT2D eigenvalue weighted by molar-refractivity contribution is 6.56. The van der Waals surface area contributed by atoms with Gasteiger partial charge in [0.2, 0.25) is 0 Å². The lowest BCUT2D eigenvalue weighted by Crippen LogP contribution is -2.22. The molecule has 1 aromatic carbocycles. The fraction of sp³-hybridized carbons (Fsp3) is 0.615. The number of ether oxygens (including phenoxy) is 1. The Morgan fingerprint density at radius 2 is 1.39 bits per heavy atom. The highest BCUT2D eigenvalue weighted by Crippen LogP contribution is 2.40. The molecule has 0 bridgehead atoms. The molecule has 2 unspecified atom stereocenters. The largest absolute Gasteiger partial charge is 0.485 e. The molecule has 1 aliphatic rings. The quantitative estimate of drug-likeness (QED) is 0.0851. The zero-order valence-electron chi connectivity index (χ0n) is 28.9. The van der Waals surface area contributed by atoms with Gasteiger partial charge < -0.3 is 4.74 Å². The number of pyridine rings is 1. The maximum atomic E-state index is 14.9. The lowest BCUT2D eigenvalue weighted by atomic mass is 9.96. The van der Waals surface area contributed by atoms with Crippen molar-refractivity contribution in [1.82, 2.24) is 15.0 Å². The Kier molecular flexibility index (Phi) is 14.6. The van der Waals surface area contributed by atoms with Gasteiger partial charge in [-0.2, -0.15) is 8.78 Å². The number of hydrogen-bond acceptors (Lipinski definition) is 4. The normalized spacial score (nSPS) is 15.3. The van der Waals surface area contributed by atoms with Gasteiger partial charge in [0.05, 0.1) is 9.52 Å². The van der Waals surface area contributed by atoms with Crippen molar-refractivity contribution in [1.29, 1.82) is 0 Å². The van der Waals surface area contributed by atoms with Crippen LogP contribution in [-0.4, -0.2) is 31.1 Å². The van der Waals surface area contributed by atoms with E-state index in [9.17, 15) is 8.78 Å². The Bertz CT molecular complexity index is 1320. The van der Waals surface area contributed by atoms with Crippen LogP contribution in [0.3, 0.4) is 0 Å². The number of alkyl halides is 2. The van der Waals surface area contributed by atoms with E-state index in [0.717, 1.165) is 35.1 Å². The van der Waals surface area contributed by atoms with Crippen molar-refractivity contribution in [3.63, 3.8) is 0 Å². The zero-order valence-corrected chi connectivity index (χ0v) is 30.3.